The van der Waals surface area contributed by atoms with Crippen LogP contribution in [0.5, 0.6) is 0 Å². The summed E-state index contributed by atoms with van der Waals surface area (Å²) >= 11 is 0. The van der Waals surface area contributed by atoms with Crippen LogP contribution in [0.25, 0.3) is 10.9 Å². The van der Waals surface area contributed by atoms with Gasteiger partial charge in [-0.2, -0.15) is 0 Å². The molecule has 24 heavy (non-hydrogen) atoms. The number of para-hydroxylation sites is 1. The quantitative estimate of drug-likeness (QED) is 0.766. The van der Waals surface area contributed by atoms with Crippen molar-refractivity contribution in [3.8, 4) is 0 Å². The van der Waals surface area contributed by atoms with Crippen LogP contribution in [0.3, 0.4) is 0 Å². The SMILES string of the molecule is O=c1[nH]c(CCn2cc(CN3CCCC3)nn2)nc2ccccc12. The zero-order valence-electron chi connectivity index (χ0n) is 13.5. The molecule has 0 saturated carbocycles. The van der Waals surface area contributed by atoms with Crippen LogP contribution in [0, 0.1) is 0 Å². The third-order valence-corrected chi connectivity index (χ3v) is 4.41. The highest BCUT2D eigenvalue weighted by molar-refractivity contribution is 5.77. The van der Waals surface area contributed by atoms with Gasteiger partial charge >= 0.3 is 0 Å². The van der Waals surface area contributed by atoms with E-state index in [1.807, 2.05) is 29.1 Å². The highest BCUT2D eigenvalue weighted by Crippen LogP contribution is 2.11. The summed E-state index contributed by atoms with van der Waals surface area (Å²) in [6.07, 6.45) is 5.15. The number of hydrogen-bond acceptors (Lipinski definition) is 5. The first kappa shape index (κ1) is 15.0. The number of aromatic amines is 1. The number of nitrogens with zero attached hydrogens (tertiary/aromatic N) is 5. The second-order valence-corrected chi connectivity index (χ2v) is 6.24. The molecule has 0 atom stereocenters. The number of rotatable bonds is 5. The minimum absolute atomic E-state index is 0.0936. The standard InChI is InChI=1S/C17H20N6O/c24-17-14-5-1-2-6-15(14)18-16(19-17)7-10-23-12-13(20-21-23)11-22-8-3-4-9-22/h1-2,5-6,12H,3-4,7-11H2,(H,18,19,24). The molecule has 7 nitrogen and oxygen atoms in total. The zero-order valence-corrected chi connectivity index (χ0v) is 13.5. The Kier molecular flexibility index (Phi) is 4.08. The van der Waals surface area contributed by atoms with Gasteiger partial charge in [-0.3, -0.25) is 14.4 Å². The van der Waals surface area contributed by atoms with Crippen LogP contribution in [-0.4, -0.2) is 43.0 Å². The van der Waals surface area contributed by atoms with Crippen LogP contribution in [0.4, 0.5) is 0 Å². The number of aryl methyl sites for hydroxylation is 2. The van der Waals surface area contributed by atoms with Gasteiger partial charge in [0.15, 0.2) is 0 Å². The minimum Gasteiger partial charge on any atom is -0.310 e. The number of H-pyrrole nitrogens is 1. The molecule has 0 amide bonds. The Morgan fingerprint density at radius 2 is 2.00 bits per heavy atom. The van der Waals surface area contributed by atoms with Crippen molar-refractivity contribution in [2.24, 2.45) is 0 Å². The van der Waals surface area contributed by atoms with Crippen LogP contribution >= 0.6 is 0 Å². The molecule has 1 fully saturated rings. The van der Waals surface area contributed by atoms with Crippen LogP contribution in [0.15, 0.2) is 35.3 Å². The van der Waals surface area contributed by atoms with Crippen LogP contribution in [0.2, 0.25) is 0 Å². The lowest BCUT2D eigenvalue weighted by atomic mass is 10.2. The van der Waals surface area contributed by atoms with Gasteiger partial charge in [0.2, 0.25) is 0 Å². The Morgan fingerprint density at radius 3 is 2.88 bits per heavy atom. The summed E-state index contributed by atoms with van der Waals surface area (Å²) in [6, 6.07) is 7.38. The predicted molar refractivity (Wildman–Crippen MR) is 90.6 cm³/mol. The van der Waals surface area contributed by atoms with Gasteiger partial charge in [-0.25, -0.2) is 4.98 Å². The second kappa shape index (κ2) is 6.52. The molecule has 1 aliphatic heterocycles. The molecule has 1 aromatic carbocycles. The molecule has 2 aromatic heterocycles. The summed E-state index contributed by atoms with van der Waals surface area (Å²) in [7, 11) is 0. The first-order valence-corrected chi connectivity index (χ1v) is 8.37. The van der Waals surface area contributed by atoms with Gasteiger partial charge in [-0.1, -0.05) is 17.3 Å². The number of benzene rings is 1. The Balaban J connectivity index is 1.43. The van der Waals surface area contributed by atoms with Gasteiger partial charge in [0.25, 0.3) is 5.56 Å². The largest absolute Gasteiger partial charge is 0.310 e. The van der Waals surface area contributed by atoms with Crippen LogP contribution in [-0.2, 0) is 19.5 Å². The molecule has 0 radical (unpaired) electrons. The van der Waals surface area contributed by atoms with E-state index < -0.39 is 0 Å². The molecule has 0 unspecified atom stereocenters. The Labute approximate surface area is 139 Å². The maximum atomic E-state index is 12.1. The van der Waals surface area contributed by atoms with Gasteiger partial charge < -0.3 is 4.98 Å². The summed E-state index contributed by atoms with van der Waals surface area (Å²) in [6.45, 7) is 3.81. The summed E-state index contributed by atoms with van der Waals surface area (Å²) in [5.74, 6) is 0.676. The molecular formula is C17H20N6O. The van der Waals surface area contributed by atoms with Crippen molar-refractivity contribution in [3.05, 3.63) is 52.3 Å². The zero-order chi connectivity index (χ0) is 16.4. The fourth-order valence-corrected chi connectivity index (χ4v) is 3.16. The first-order chi connectivity index (χ1) is 11.8. The molecule has 7 heteroatoms. The van der Waals surface area contributed by atoms with E-state index in [4.69, 9.17) is 0 Å². The summed E-state index contributed by atoms with van der Waals surface area (Å²) in [4.78, 5) is 21.8. The van der Waals surface area contributed by atoms with Gasteiger partial charge in [0.05, 0.1) is 16.6 Å². The minimum atomic E-state index is -0.0936. The third-order valence-electron chi connectivity index (χ3n) is 4.41. The average Bonchev–Trinajstić information content (AvgIpc) is 3.25. The van der Waals surface area contributed by atoms with E-state index in [0.717, 1.165) is 30.8 Å². The lowest BCUT2D eigenvalue weighted by Gasteiger charge is -2.11. The van der Waals surface area contributed by atoms with E-state index in [0.29, 0.717) is 24.2 Å². The Bertz CT molecular complexity index is 893. The molecule has 1 saturated heterocycles. The van der Waals surface area contributed by atoms with E-state index in [2.05, 4.69) is 25.2 Å². The normalized spacial score (nSPS) is 15.3. The predicted octanol–water partition coefficient (Wildman–Crippen LogP) is 1.35. The maximum Gasteiger partial charge on any atom is 0.258 e. The molecule has 0 bridgehead atoms. The second-order valence-electron chi connectivity index (χ2n) is 6.24. The molecular weight excluding hydrogens is 304 g/mol. The average molecular weight is 324 g/mol. The van der Waals surface area contributed by atoms with Crippen LogP contribution < -0.4 is 5.56 Å². The van der Waals surface area contributed by atoms with Crippen molar-refractivity contribution < 1.29 is 0 Å². The van der Waals surface area contributed by atoms with Crippen molar-refractivity contribution in [1.29, 1.82) is 0 Å². The van der Waals surface area contributed by atoms with Crippen LogP contribution in [0.1, 0.15) is 24.4 Å². The highest BCUT2D eigenvalue weighted by atomic mass is 16.1. The monoisotopic (exact) mass is 324 g/mol. The fourth-order valence-electron chi connectivity index (χ4n) is 3.16. The molecule has 0 spiro atoms. The van der Waals surface area contributed by atoms with E-state index in [1.165, 1.54) is 12.8 Å². The Hall–Kier alpha value is -2.54. The van der Waals surface area contributed by atoms with Crippen molar-refractivity contribution in [1.82, 2.24) is 29.9 Å². The number of fused-ring (bicyclic) bond motifs is 1. The molecule has 0 aliphatic carbocycles. The highest BCUT2D eigenvalue weighted by Gasteiger charge is 2.13. The topological polar surface area (TPSA) is 79.7 Å². The van der Waals surface area contributed by atoms with Crippen molar-refractivity contribution >= 4 is 10.9 Å². The summed E-state index contributed by atoms with van der Waals surface area (Å²) < 4.78 is 1.82. The fraction of sp³-hybridized carbons (Fsp3) is 0.412. The van der Waals surface area contributed by atoms with Crippen molar-refractivity contribution in [2.75, 3.05) is 13.1 Å². The molecule has 3 aromatic rings. The lowest BCUT2D eigenvalue weighted by Crippen LogP contribution is -2.18. The van der Waals surface area contributed by atoms with Gasteiger partial charge in [-0.15, -0.1) is 5.10 Å². The van der Waals surface area contributed by atoms with E-state index in [1.54, 1.807) is 6.07 Å². The van der Waals surface area contributed by atoms with Crippen molar-refractivity contribution in [2.45, 2.75) is 32.4 Å². The molecule has 124 valence electrons. The van der Waals surface area contributed by atoms with E-state index in [9.17, 15) is 4.79 Å². The number of likely N-dealkylation sites (tertiary alicyclic amines) is 1. The molecule has 1 N–H and O–H groups in total. The molecule has 4 rings (SSSR count). The van der Waals surface area contributed by atoms with E-state index >= 15 is 0 Å². The maximum absolute atomic E-state index is 12.1. The smallest absolute Gasteiger partial charge is 0.258 e. The van der Waals surface area contributed by atoms with Crippen molar-refractivity contribution in [3.63, 3.8) is 0 Å². The number of aromatic nitrogens is 5. The Morgan fingerprint density at radius 1 is 1.17 bits per heavy atom. The molecule has 1 aliphatic rings. The lowest BCUT2D eigenvalue weighted by molar-refractivity contribution is 0.327. The number of nitrogens with one attached hydrogen (secondary N) is 1. The summed E-state index contributed by atoms with van der Waals surface area (Å²) in [5.41, 5.74) is 1.63. The van der Waals surface area contributed by atoms with Gasteiger partial charge in [0, 0.05) is 25.7 Å². The first-order valence-electron chi connectivity index (χ1n) is 8.37. The number of hydrogen-bond donors (Lipinski definition) is 1. The van der Waals surface area contributed by atoms with Gasteiger partial charge in [-0.05, 0) is 38.1 Å². The van der Waals surface area contributed by atoms with Gasteiger partial charge in [0.1, 0.15) is 5.82 Å². The summed E-state index contributed by atoms with van der Waals surface area (Å²) in [5, 5.41) is 9.04. The molecule has 3 heterocycles. The van der Waals surface area contributed by atoms with E-state index in [-0.39, 0.29) is 5.56 Å². The third kappa shape index (κ3) is 3.21.